The lowest BCUT2D eigenvalue weighted by Gasteiger charge is -2.23. The summed E-state index contributed by atoms with van der Waals surface area (Å²) in [6.07, 6.45) is 8.07. The molecule has 5 nitrogen and oxygen atoms in total. The van der Waals surface area contributed by atoms with Crippen molar-refractivity contribution in [3.05, 3.63) is 42.0 Å². The molecule has 0 spiro atoms. The summed E-state index contributed by atoms with van der Waals surface area (Å²) in [4.78, 5) is 23.1. The van der Waals surface area contributed by atoms with Crippen LogP contribution in [0.5, 0.6) is 0 Å². The molecule has 1 atom stereocenters. The van der Waals surface area contributed by atoms with Gasteiger partial charge >= 0.3 is 12.1 Å². The number of carbonyl (C=O) groups is 2. The molecule has 2 rings (SSSR count). The number of carboxylic acid groups (broad SMARTS) is 1. The molecule has 1 fully saturated rings. The molecule has 1 saturated carbocycles. The molecule has 0 aromatic heterocycles. The number of aliphatic carboxylic acids is 1. The minimum absolute atomic E-state index is 0.0851. The van der Waals surface area contributed by atoms with Crippen molar-refractivity contribution < 1.29 is 19.4 Å². The number of ether oxygens (including phenoxy) is 1. The third kappa shape index (κ3) is 6.14. The lowest BCUT2D eigenvalue weighted by Crippen LogP contribution is -2.42. The summed E-state index contributed by atoms with van der Waals surface area (Å²) in [6, 6.07) is 8.61. The van der Waals surface area contributed by atoms with Crippen LogP contribution in [0.1, 0.15) is 44.1 Å². The largest absolute Gasteiger partial charge is 0.480 e. The third-order valence-corrected chi connectivity index (χ3v) is 3.90. The predicted molar refractivity (Wildman–Crippen MR) is 88.0 cm³/mol. The second-order valence-corrected chi connectivity index (χ2v) is 5.75. The van der Waals surface area contributed by atoms with Gasteiger partial charge in [0, 0.05) is 0 Å². The van der Waals surface area contributed by atoms with Gasteiger partial charge in [0.05, 0.1) is 0 Å². The minimum atomic E-state index is -1.07. The van der Waals surface area contributed by atoms with E-state index in [2.05, 4.69) is 5.32 Å². The van der Waals surface area contributed by atoms with Gasteiger partial charge in [0.2, 0.25) is 0 Å². The highest BCUT2D eigenvalue weighted by Crippen LogP contribution is 2.20. The van der Waals surface area contributed by atoms with Gasteiger partial charge in [-0.1, -0.05) is 48.9 Å². The fraction of sp³-hybridized carbons (Fsp3) is 0.444. The molecule has 1 aliphatic carbocycles. The first-order valence-corrected chi connectivity index (χ1v) is 8.06. The zero-order chi connectivity index (χ0) is 16.5. The topological polar surface area (TPSA) is 75.6 Å². The van der Waals surface area contributed by atoms with Crippen LogP contribution >= 0.6 is 0 Å². The van der Waals surface area contributed by atoms with Crippen LogP contribution in [0.15, 0.2) is 36.4 Å². The van der Waals surface area contributed by atoms with Crippen LogP contribution in [0, 0.1) is 0 Å². The number of carbonyl (C=O) groups excluding carboxylic acids is 1. The van der Waals surface area contributed by atoms with E-state index in [-0.39, 0.29) is 12.5 Å². The zero-order valence-corrected chi connectivity index (χ0v) is 13.1. The monoisotopic (exact) mass is 317 g/mol. The highest BCUT2D eigenvalue weighted by Gasteiger charge is 2.22. The second kappa shape index (κ2) is 8.98. The molecule has 0 radical (unpaired) electrons. The Morgan fingerprint density at radius 3 is 2.57 bits per heavy atom. The molecule has 0 aliphatic heterocycles. The molecular formula is C18H23NO4. The maximum Gasteiger partial charge on any atom is 0.408 e. The molecule has 0 unspecified atom stereocenters. The van der Waals surface area contributed by atoms with Crippen molar-refractivity contribution in [1.82, 2.24) is 5.32 Å². The number of rotatable bonds is 6. The number of hydrogen-bond donors (Lipinski definition) is 2. The molecule has 0 heterocycles. The SMILES string of the molecule is O=C(N[C@H](C/C=C/c1ccccc1)C(=O)O)OC1CCCCC1. The van der Waals surface area contributed by atoms with Gasteiger partial charge in [-0.2, -0.15) is 0 Å². The van der Waals surface area contributed by atoms with Crippen LogP contribution in [0.25, 0.3) is 6.08 Å². The Hall–Kier alpha value is -2.30. The lowest BCUT2D eigenvalue weighted by atomic mass is 9.98. The Bertz CT molecular complexity index is 535. The molecule has 1 aliphatic rings. The maximum absolute atomic E-state index is 11.8. The maximum atomic E-state index is 11.8. The van der Waals surface area contributed by atoms with Crippen LogP contribution in [-0.2, 0) is 9.53 Å². The van der Waals surface area contributed by atoms with E-state index in [4.69, 9.17) is 4.74 Å². The molecule has 1 aromatic rings. The first kappa shape index (κ1) is 17.1. The van der Waals surface area contributed by atoms with Crippen molar-refractivity contribution in [2.75, 3.05) is 0 Å². The molecule has 1 aromatic carbocycles. The molecule has 0 saturated heterocycles. The molecule has 1 amide bonds. The predicted octanol–water partition coefficient (Wildman–Crippen LogP) is 3.60. The van der Waals surface area contributed by atoms with Crippen LogP contribution in [0.2, 0.25) is 0 Å². The normalized spacial score (nSPS) is 16.9. The Morgan fingerprint density at radius 2 is 1.91 bits per heavy atom. The first-order valence-electron chi connectivity index (χ1n) is 8.06. The average Bonchev–Trinajstić information content (AvgIpc) is 2.55. The Labute approximate surface area is 136 Å². The summed E-state index contributed by atoms with van der Waals surface area (Å²) in [7, 11) is 0. The highest BCUT2D eigenvalue weighted by atomic mass is 16.6. The van der Waals surface area contributed by atoms with Gasteiger partial charge in [0.1, 0.15) is 12.1 Å². The van der Waals surface area contributed by atoms with Gasteiger partial charge in [0.15, 0.2) is 0 Å². The standard InChI is InChI=1S/C18H23NO4/c20-17(21)16(13-7-10-14-8-3-1-4-9-14)19-18(22)23-15-11-5-2-6-12-15/h1,3-4,7-10,15-16H,2,5-6,11-13H2,(H,19,22)(H,20,21)/b10-7+/t16-/m1/s1. The zero-order valence-electron chi connectivity index (χ0n) is 13.1. The van der Waals surface area contributed by atoms with E-state index < -0.39 is 18.1 Å². The first-order chi connectivity index (χ1) is 11.1. The van der Waals surface area contributed by atoms with Crippen molar-refractivity contribution in [2.24, 2.45) is 0 Å². The second-order valence-electron chi connectivity index (χ2n) is 5.75. The van der Waals surface area contributed by atoms with E-state index in [0.717, 1.165) is 31.2 Å². The van der Waals surface area contributed by atoms with E-state index in [0.29, 0.717) is 0 Å². The van der Waals surface area contributed by atoms with Crippen molar-refractivity contribution in [1.29, 1.82) is 0 Å². The number of amides is 1. The van der Waals surface area contributed by atoms with Crippen LogP contribution in [-0.4, -0.2) is 29.3 Å². The van der Waals surface area contributed by atoms with Gasteiger partial charge < -0.3 is 15.2 Å². The van der Waals surface area contributed by atoms with Crippen molar-refractivity contribution in [2.45, 2.75) is 50.7 Å². The number of benzene rings is 1. The molecule has 124 valence electrons. The van der Waals surface area contributed by atoms with Gasteiger partial charge in [-0.25, -0.2) is 9.59 Å². The number of hydrogen-bond acceptors (Lipinski definition) is 3. The summed E-state index contributed by atoms with van der Waals surface area (Å²) in [5.41, 5.74) is 0.987. The molecule has 0 bridgehead atoms. The average molecular weight is 317 g/mol. The minimum Gasteiger partial charge on any atom is -0.480 e. The van der Waals surface area contributed by atoms with E-state index >= 15 is 0 Å². The van der Waals surface area contributed by atoms with Gasteiger partial charge in [-0.05, 0) is 37.7 Å². The summed E-state index contributed by atoms with van der Waals surface area (Å²) in [5, 5.41) is 11.7. The van der Waals surface area contributed by atoms with Crippen LogP contribution in [0.3, 0.4) is 0 Å². The van der Waals surface area contributed by atoms with E-state index in [1.54, 1.807) is 6.08 Å². The lowest BCUT2D eigenvalue weighted by molar-refractivity contribution is -0.139. The molecule has 5 heteroatoms. The summed E-state index contributed by atoms with van der Waals surface area (Å²) in [6.45, 7) is 0. The summed E-state index contributed by atoms with van der Waals surface area (Å²) in [5.74, 6) is -1.07. The van der Waals surface area contributed by atoms with Gasteiger partial charge in [-0.15, -0.1) is 0 Å². The third-order valence-electron chi connectivity index (χ3n) is 3.90. The Morgan fingerprint density at radius 1 is 1.22 bits per heavy atom. The van der Waals surface area contributed by atoms with Crippen LogP contribution < -0.4 is 5.32 Å². The van der Waals surface area contributed by atoms with E-state index in [1.165, 1.54) is 6.42 Å². The Balaban J connectivity index is 1.82. The van der Waals surface area contributed by atoms with Gasteiger partial charge in [-0.3, -0.25) is 0 Å². The fourth-order valence-electron chi connectivity index (χ4n) is 2.64. The highest BCUT2D eigenvalue weighted by molar-refractivity contribution is 5.80. The molecule has 2 N–H and O–H groups in total. The number of alkyl carbamates (subject to hydrolysis) is 1. The van der Waals surface area contributed by atoms with E-state index in [9.17, 15) is 14.7 Å². The van der Waals surface area contributed by atoms with Crippen molar-refractivity contribution in [3.8, 4) is 0 Å². The van der Waals surface area contributed by atoms with Crippen LogP contribution in [0.4, 0.5) is 4.79 Å². The number of nitrogens with one attached hydrogen (secondary N) is 1. The van der Waals surface area contributed by atoms with Gasteiger partial charge in [0.25, 0.3) is 0 Å². The number of carboxylic acids is 1. The van der Waals surface area contributed by atoms with E-state index in [1.807, 2.05) is 36.4 Å². The summed E-state index contributed by atoms with van der Waals surface area (Å²) >= 11 is 0. The fourth-order valence-corrected chi connectivity index (χ4v) is 2.64. The smallest absolute Gasteiger partial charge is 0.408 e. The molecular weight excluding hydrogens is 294 g/mol. The van der Waals surface area contributed by atoms with Crippen molar-refractivity contribution >= 4 is 18.1 Å². The summed E-state index contributed by atoms with van der Waals surface area (Å²) < 4.78 is 5.30. The molecule has 23 heavy (non-hydrogen) atoms. The Kier molecular flexibility index (Phi) is 6.66. The van der Waals surface area contributed by atoms with Crippen molar-refractivity contribution in [3.63, 3.8) is 0 Å². The quantitative estimate of drug-likeness (QED) is 0.840.